The zero-order valence-corrected chi connectivity index (χ0v) is 14.1. The number of nitrogens with zero attached hydrogens (tertiary/aromatic N) is 2. The zero-order chi connectivity index (χ0) is 17.5. The van der Waals surface area contributed by atoms with Gasteiger partial charge in [0, 0.05) is 5.41 Å². The van der Waals surface area contributed by atoms with E-state index in [1.807, 2.05) is 0 Å². The van der Waals surface area contributed by atoms with Gasteiger partial charge in [0.1, 0.15) is 0 Å². The van der Waals surface area contributed by atoms with Crippen molar-refractivity contribution in [2.45, 2.75) is 31.1 Å². The molecule has 4 nitrogen and oxygen atoms in total. The van der Waals surface area contributed by atoms with E-state index in [9.17, 15) is 9.59 Å². The van der Waals surface area contributed by atoms with Crippen LogP contribution in [-0.2, 0) is 15.0 Å². The maximum absolute atomic E-state index is 10.4. The van der Waals surface area contributed by atoms with Crippen molar-refractivity contribution < 1.29 is 9.59 Å². The summed E-state index contributed by atoms with van der Waals surface area (Å²) in [6.07, 6.45) is 6.67. The number of fused-ring (bicyclic) bond motifs is 3. The molecular weight excluding hydrogens is 312 g/mol. The smallest absolute Gasteiger partial charge is 0.211 e. The Labute approximate surface area is 147 Å². The standard InChI is InChI=1S/C21H20N2O2/c24-15-22-13-5-11-21(12-6-14-23-16-25)19-9-3-1-7-17(19)18-8-2-4-10-20(18)21/h1-4,7-10H,5-6,11-14H2. The van der Waals surface area contributed by atoms with E-state index in [4.69, 9.17) is 0 Å². The van der Waals surface area contributed by atoms with Crippen LogP contribution >= 0.6 is 0 Å². The lowest BCUT2D eigenvalue weighted by Crippen LogP contribution is -2.26. The molecule has 0 bridgehead atoms. The Kier molecular flexibility index (Phi) is 5.35. The van der Waals surface area contributed by atoms with Crippen LogP contribution in [-0.4, -0.2) is 25.2 Å². The molecule has 0 N–H and O–H groups in total. The normalized spacial score (nSPS) is 13.3. The van der Waals surface area contributed by atoms with Crippen molar-refractivity contribution >= 4 is 12.2 Å². The molecule has 1 aliphatic rings. The van der Waals surface area contributed by atoms with E-state index in [-0.39, 0.29) is 5.41 Å². The predicted octanol–water partition coefficient (Wildman–Crippen LogP) is 4.19. The summed E-state index contributed by atoms with van der Waals surface area (Å²) in [7, 11) is 0. The van der Waals surface area contributed by atoms with Gasteiger partial charge in [-0.2, -0.15) is 0 Å². The van der Waals surface area contributed by atoms with Crippen LogP contribution in [0.25, 0.3) is 11.1 Å². The molecule has 1 aliphatic carbocycles. The number of hydrogen-bond donors (Lipinski definition) is 0. The highest BCUT2D eigenvalue weighted by molar-refractivity contribution is 5.80. The Bertz CT molecular complexity index is 775. The Morgan fingerprint density at radius 2 is 1.16 bits per heavy atom. The van der Waals surface area contributed by atoms with Crippen LogP contribution < -0.4 is 0 Å². The van der Waals surface area contributed by atoms with E-state index in [0.29, 0.717) is 13.1 Å². The van der Waals surface area contributed by atoms with Gasteiger partial charge in [-0.05, 0) is 47.9 Å². The number of carbonyl (C=O) groups excluding carboxylic acids is 2. The van der Waals surface area contributed by atoms with Crippen molar-refractivity contribution in [3.63, 3.8) is 0 Å². The van der Waals surface area contributed by atoms with Crippen molar-refractivity contribution in [1.82, 2.24) is 0 Å². The van der Waals surface area contributed by atoms with Gasteiger partial charge in [-0.1, -0.05) is 48.5 Å². The second-order valence-electron chi connectivity index (χ2n) is 6.33. The average Bonchev–Trinajstić information content (AvgIpc) is 2.94. The van der Waals surface area contributed by atoms with Gasteiger partial charge >= 0.3 is 0 Å². The molecule has 2 aromatic rings. The molecule has 25 heavy (non-hydrogen) atoms. The fraction of sp³-hybridized carbons (Fsp3) is 0.333. The lowest BCUT2D eigenvalue weighted by Gasteiger charge is -2.32. The average molecular weight is 332 g/mol. The molecular formula is C21H20N2O2. The topological polar surface area (TPSA) is 58.9 Å². The zero-order valence-electron chi connectivity index (χ0n) is 14.1. The van der Waals surface area contributed by atoms with Crippen LogP contribution in [0.1, 0.15) is 36.8 Å². The molecule has 126 valence electrons. The number of benzene rings is 2. The van der Waals surface area contributed by atoms with Gasteiger partial charge in [0.05, 0.1) is 13.1 Å². The third-order valence-electron chi connectivity index (χ3n) is 5.05. The molecule has 0 aromatic heterocycles. The highest BCUT2D eigenvalue weighted by atomic mass is 16.1. The number of rotatable bonds is 8. The quantitative estimate of drug-likeness (QED) is 0.413. The molecule has 0 saturated heterocycles. The van der Waals surface area contributed by atoms with Crippen molar-refractivity contribution in [2.24, 2.45) is 9.98 Å². The molecule has 2 aromatic carbocycles. The van der Waals surface area contributed by atoms with E-state index in [0.717, 1.165) is 25.7 Å². The Morgan fingerprint density at radius 1 is 0.720 bits per heavy atom. The Balaban J connectivity index is 2.02. The third kappa shape index (κ3) is 3.23. The van der Waals surface area contributed by atoms with Gasteiger partial charge in [0.2, 0.25) is 12.2 Å². The lowest BCUT2D eigenvalue weighted by atomic mass is 9.71. The fourth-order valence-electron chi connectivity index (χ4n) is 4.09. The van der Waals surface area contributed by atoms with E-state index in [1.165, 1.54) is 22.3 Å². The second-order valence-corrected chi connectivity index (χ2v) is 6.33. The molecule has 4 heteroatoms. The monoisotopic (exact) mass is 332 g/mol. The van der Waals surface area contributed by atoms with Crippen molar-refractivity contribution in [1.29, 1.82) is 0 Å². The summed E-state index contributed by atoms with van der Waals surface area (Å²) >= 11 is 0. The second kappa shape index (κ2) is 7.85. The van der Waals surface area contributed by atoms with Gasteiger partial charge in [-0.15, -0.1) is 0 Å². The highest BCUT2D eigenvalue weighted by Crippen LogP contribution is 2.53. The molecule has 0 unspecified atom stereocenters. The SMILES string of the molecule is O=C=NCCCC1(CCCN=C=O)c2ccccc2-c2ccccc21. The lowest BCUT2D eigenvalue weighted by molar-refractivity contribution is 0.424. The van der Waals surface area contributed by atoms with E-state index >= 15 is 0 Å². The van der Waals surface area contributed by atoms with Gasteiger partial charge in [-0.3, -0.25) is 0 Å². The molecule has 3 rings (SSSR count). The van der Waals surface area contributed by atoms with Crippen LogP contribution in [0.5, 0.6) is 0 Å². The van der Waals surface area contributed by atoms with Crippen LogP contribution in [0.3, 0.4) is 0 Å². The molecule has 0 radical (unpaired) electrons. The van der Waals surface area contributed by atoms with Crippen LogP contribution in [0.4, 0.5) is 0 Å². The number of isocyanates is 2. The van der Waals surface area contributed by atoms with Gasteiger partial charge in [0.25, 0.3) is 0 Å². The first-order valence-corrected chi connectivity index (χ1v) is 8.60. The minimum atomic E-state index is -0.121. The fourth-order valence-corrected chi connectivity index (χ4v) is 4.09. The van der Waals surface area contributed by atoms with Crippen LogP contribution in [0, 0.1) is 0 Å². The molecule has 0 atom stereocenters. The van der Waals surface area contributed by atoms with E-state index < -0.39 is 0 Å². The minimum Gasteiger partial charge on any atom is -0.211 e. The van der Waals surface area contributed by atoms with Crippen LogP contribution in [0.15, 0.2) is 58.5 Å². The number of hydrogen-bond acceptors (Lipinski definition) is 4. The first-order valence-electron chi connectivity index (χ1n) is 8.60. The molecule has 0 fully saturated rings. The summed E-state index contributed by atoms with van der Waals surface area (Å²) in [5.41, 5.74) is 5.07. The first kappa shape index (κ1) is 17.0. The summed E-state index contributed by atoms with van der Waals surface area (Å²) in [4.78, 5) is 28.2. The number of aliphatic imine (C=N–C) groups is 2. The van der Waals surface area contributed by atoms with Crippen molar-refractivity contribution in [2.75, 3.05) is 13.1 Å². The summed E-state index contributed by atoms with van der Waals surface area (Å²) in [5.74, 6) is 0. The maximum atomic E-state index is 10.4. The summed E-state index contributed by atoms with van der Waals surface area (Å²) in [6.45, 7) is 0.976. The van der Waals surface area contributed by atoms with Crippen molar-refractivity contribution in [3.05, 3.63) is 59.7 Å². The summed E-state index contributed by atoms with van der Waals surface area (Å²) in [6, 6.07) is 17.0. The molecule has 0 aliphatic heterocycles. The van der Waals surface area contributed by atoms with Gasteiger partial charge in [-0.25, -0.2) is 19.6 Å². The van der Waals surface area contributed by atoms with Crippen LogP contribution in [0.2, 0.25) is 0 Å². The Hall–Kier alpha value is -2.80. The summed E-state index contributed by atoms with van der Waals surface area (Å²) < 4.78 is 0. The minimum absolute atomic E-state index is 0.121. The van der Waals surface area contributed by atoms with E-state index in [2.05, 4.69) is 58.5 Å². The molecule has 0 spiro atoms. The molecule has 0 heterocycles. The summed E-state index contributed by atoms with van der Waals surface area (Å²) in [5, 5.41) is 0. The largest absolute Gasteiger partial charge is 0.234 e. The molecule has 0 amide bonds. The highest BCUT2D eigenvalue weighted by Gasteiger charge is 2.41. The van der Waals surface area contributed by atoms with Crippen molar-refractivity contribution in [3.8, 4) is 11.1 Å². The van der Waals surface area contributed by atoms with Gasteiger partial charge in [0.15, 0.2) is 0 Å². The molecule has 0 saturated carbocycles. The van der Waals surface area contributed by atoms with E-state index in [1.54, 1.807) is 12.2 Å². The Morgan fingerprint density at radius 3 is 1.60 bits per heavy atom. The maximum Gasteiger partial charge on any atom is 0.234 e. The first-order chi connectivity index (χ1) is 12.3. The third-order valence-corrected chi connectivity index (χ3v) is 5.05. The van der Waals surface area contributed by atoms with Gasteiger partial charge < -0.3 is 0 Å². The predicted molar refractivity (Wildman–Crippen MR) is 97.1 cm³/mol.